The molecule has 2 aliphatic heterocycles. The number of aliphatic hydroxyl groups is 1. The van der Waals surface area contributed by atoms with Crippen LogP contribution in [0.25, 0.3) is 11.1 Å². The number of fused-ring (bicyclic) bond motifs is 5. The van der Waals surface area contributed by atoms with Crippen LogP contribution in [0.2, 0.25) is 0 Å². The van der Waals surface area contributed by atoms with Crippen molar-refractivity contribution in [2.45, 2.75) is 42.9 Å². The molecule has 1 aliphatic carbocycles. The van der Waals surface area contributed by atoms with Gasteiger partial charge in [-0.3, -0.25) is 4.90 Å². The molecular weight excluding hydrogens is 392 g/mol. The van der Waals surface area contributed by atoms with Crippen molar-refractivity contribution in [1.29, 1.82) is 0 Å². The van der Waals surface area contributed by atoms with Crippen molar-refractivity contribution in [3.05, 3.63) is 59.7 Å². The Hall–Kier alpha value is -2.51. The molecule has 2 heterocycles. The maximum Gasteiger partial charge on any atom is 0.410 e. The highest BCUT2D eigenvalue weighted by atomic mass is 19.3. The SMILES string of the molecule is O=C(OCC1c2ccccc2-c2ccccc21)N1C2COCC1CC(F)(F)C(O)C2. The monoisotopic (exact) mass is 415 g/mol. The van der Waals surface area contributed by atoms with Gasteiger partial charge in [0, 0.05) is 18.8 Å². The maximum absolute atomic E-state index is 14.2. The first-order chi connectivity index (χ1) is 14.5. The van der Waals surface area contributed by atoms with E-state index in [0.29, 0.717) is 0 Å². The van der Waals surface area contributed by atoms with Crippen LogP contribution in [-0.4, -0.2) is 60.0 Å². The van der Waals surface area contributed by atoms with Crippen molar-refractivity contribution in [1.82, 2.24) is 4.90 Å². The van der Waals surface area contributed by atoms with E-state index in [1.165, 1.54) is 4.90 Å². The number of carbonyl (C=O) groups excluding carboxylic acids is 1. The zero-order valence-electron chi connectivity index (χ0n) is 16.3. The van der Waals surface area contributed by atoms with Crippen LogP contribution in [-0.2, 0) is 9.47 Å². The van der Waals surface area contributed by atoms with Gasteiger partial charge in [0.15, 0.2) is 0 Å². The van der Waals surface area contributed by atoms with E-state index >= 15 is 0 Å². The molecule has 5 rings (SSSR count). The summed E-state index contributed by atoms with van der Waals surface area (Å²) in [4.78, 5) is 14.3. The highest BCUT2D eigenvalue weighted by molar-refractivity contribution is 5.79. The highest BCUT2D eigenvalue weighted by Gasteiger charge is 2.51. The molecule has 3 unspecified atom stereocenters. The van der Waals surface area contributed by atoms with Gasteiger partial charge in [0.1, 0.15) is 12.7 Å². The molecule has 1 amide bonds. The van der Waals surface area contributed by atoms with Gasteiger partial charge in [-0.2, -0.15) is 0 Å². The van der Waals surface area contributed by atoms with E-state index in [2.05, 4.69) is 12.1 Å². The number of hydrogen-bond acceptors (Lipinski definition) is 4. The molecule has 2 aromatic carbocycles. The largest absolute Gasteiger partial charge is 0.448 e. The lowest BCUT2D eigenvalue weighted by atomic mass is 9.98. The molecule has 0 radical (unpaired) electrons. The molecule has 7 heteroatoms. The lowest BCUT2D eigenvalue weighted by Gasteiger charge is -2.39. The van der Waals surface area contributed by atoms with Crippen LogP contribution in [0.5, 0.6) is 0 Å². The number of amides is 1. The van der Waals surface area contributed by atoms with Crippen molar-refractivity contribution >= 4 is 6.09 Å². The van der Waals surface area contributed by atoms with E-state index < -0.39 is 36.6 Å². The van der Waals surface area contributed by atoms with Crippen LogP contribution in [0, 0.1) is 0 Å². The summed E-state index contributed by atoms with van der Waals surface area (Å²) < 4.78 is 39.5. The Bertz CT molecular complexity index is 920. The van der Waals surface area contributed by atoms with E-state index in [4.69, 9.17) is 9.47 Å². The summed E-state index contributed by atoms with van der Waals surface area (Å²) in [6, 6.07) is 14.6. The molecule has 1 N–H and O–H groups in total. The van der Waals surface area contributed by atoms with E-state index in [0.717, 1.165) is 22.3 Å². The fourth-order valence-corrected chi connectivity index (χ4v) is 4.98. The number of carbonyl (C=O) groups is 1. The molecule has 2 aromatic rings. The van der Waals surface area contributed by atoms with Gasteiger partial charge in [0.05, 0.1) is 25.3 Å². The van der Waals surface area contributed by atoms with Crippen molar-refractivity contribution < 1.29 is 28.2 Å². The highest BCUT2D eigenvalue weighted by Crippen LogP contribution is 2.45. The molecule has 3 aliphatic rings. The summed E-state index contributed by atoms with van der Waals surface area (Å²) >= 11 is 0. The van der Waals surface area contributed by atoms with Gasteiger partial charge >= 0.3 is 6.09 Å². The van der Waals surface area contributed by atoms with E-state index in [1.54, 1.807) is 0 Å². The molecule has 3 atom stereocenters. The summed E-state index contributed by atoms with van der Waals surface area (Å²) in [7, 11) is 0. The second kappa shape index (κ2) is 7.32. The number of halogens is 2. The fourth-order valence-electron chi connectivity index (χ4n) is 4.98. The number of rotatable bonds is 2. The molecular formula is C23H23F2NO4. The molecule has 2 fully saturated rings. The zero-order chi connectivity index (χ0) is 20.9. The zero-order valence-corrected chi connectivity index (χ0v) is 16.3. The third-order valence-electron chi connectivity index (χ3n) is 6.44. The van der Waals surface area contributed by atoms with Crippen LogP contribution in [0.1, 0.15) is 29.9 Å². The van der Waals surface area contributed by atoms with Gasteiger partial charge in [0.25, 0.3) is 5.92 Å². The number of aliphatic hydroxyl groups excluding tert-OH is 1. The third-order valence-corrected chi connectivity index (χ3v) is 6.44. The van der Waals surface area contributed by atoms with Crippen molar-refractivity contribution in [3.63, 3.8) is 0 Å². The molecule has 30 heavy (non-hydrogen) atoms. The maximum atomic E-state index is 14.2. The predicted octanol–water partition coefficient (Wildman–Crippen LogP) is 3.79. The van der Waals surface area contributed by atoms with Crippen molar-refractivity contribution in [2.24, 2.45) is 0 Å². The molecule has 2 saturated heterocycles. The van der Waals surface area contributed by atoms with Gasteiger partial charge in [-0.25, -0.2) is 13.6 Å². The number of nitrogens with zero attached hydrogens (tertiary/aromatic N) is 1. The third kappa shape index (κ3) is 3.17. The lowest BCUT2D eigenvalue weighted by Crippen LogP contribution is -2.54. The van der Waals surface area contributed by atoms with Crippen molar-refractivity contribution in [3.8, 4) is 11.1 Å². The standard InChI is InChI=1S/C23H23F2NO4/c24-23(25)10-15-12-29-11-14(9-21(23)27)26(15)22(28)30-13-20-18-7-3-1-5-16(18)17-6-2-4-8-19(17)20/h1-8,14-15,20-21,27H,9-13H2. The first-order valence-corrected chi connectivity index (χ1v) is 10.2. The van der Waals surface area contributed by atoms with Crippen LogP contribution >= 0.6 is 0 Å². The quantitative estimate of drug-likeness (QED) is 0.811. The summed E-state index contributed by atoms with van der Waals surface area (Å²) in [6.45, 7) is 0.263. The second-order valence-electron chi connectivity index (χ2n) is 8.27. The van der Waals surface area contributed by atoms with Crippen LogP contribution in [0.4, 0.5) is 13.6 Å². The van der Waals surface area contributed by atoms with Crippen LogP contribution in [0.3, 0.4) is 0 Å². The summed E-state index contributed by atoms with van der Waals surface area (Å²) in [6.07, 6.45) is -3.28. The molecule has 0 spiro atoms. The Morgan fingerprint density at radius 2 is 1.67 bits per heavy atom. The number of hydrogen-bond donors (Lipinski definition) is 1. The smallest absolute Gasteiger partial charge is 0.410 e. The Morgan fingerprint density at radius 3 is 2.33 bits per heavy atom. The Balaban J connectivity index is 1.36. The number of benzene rings is 2. The molecule has 0 saturated carbocycles. The van der Waals surface area contributed by atoms with E-state index in [9.17, 15) is 18.7 Å². The van der Waals surface area contributed by atoms with Gasteiger partial charge < -0.3 is 14.6 Å². The normalized spacial score (nSPS) is 27.2. The fraction of sp³-hybridized carbons (Fsp3) is 0.435. The Labute approximate surface area is 173 Å². The number of ether oxygens (including phenoxy) is 2. The lowest BCUT2D eigenvalue weighted by molar-refractivity contribution is -0.115. The van der Waals surface area contributed by atoms with Gasteiger partial charge in [0.2, 0.25) is 0 Å². The minimum absolute atomic E-state index is 0.0169. The topological polar surface area (TPSA) is 59.0 Å². The Morgan fingerprint density at radius 1 is 1.07 bits per heavy atom. The first kappa shape index (κ1) is 19.5. The minimum Gasteiger partial charge on any atom is -0.448 e. The molecule has 5 nitrogen and oxygen atoms in total. The van der Waals surface area contributed by atoms with Gasteiger partial charge in [-0.1, -0.05) is 48.5 Å². The van der Waals surface area contributed by atoms with Crippen LogP contribution < -0.4 is 0 Å². The number of alkyl halides is 2. The predicted molar refractivity (Wildman–Crippen MR) is 105 cm³/mol. The summed E-state index contributed by atoms with van der Waals surface area (Å²) in [5.74, 6) is -3.36. The average Bonchev–Trinajstić information content (AvgIpc) is 3.03. The first-order valence-electron chi connectivity index (χ1n) is 10.2. The second-order valence-corrected chi connectivity index (χ2v) is 8.27. The van der Waals surface area contributed by atoms with E-state index in [-0.39, 0.29) is 32.2 Å². The van der Waals surface area contributed by atoms with Crippen LogP contribution in [0.15, 0.2) is 48.5 Å². The van der Waals surface area contributed by atoms with E-state index in [1.807, 2.05) is 36.4 Å². The molecule has 2 bridgehead atoms. The minimum atomic E-state index is -3.25. The molecule has 158 valence electrons. The van der Waals surface area contributed by atoms with Crippen molar-refractivity contribution in [2.75, 3.05) is 19.8 Å². The van der Waals surface area contributed by atoms with Gasteiger partial charge in [-0.05, 0) is 22.3 Å². The summed E-state index contributed by atoms with van der Waals surface area (Å²) in [5.41, 5.74) is 4.43. The molecule has 0 aromatic heterocycles. The number of morpholine rings is 1. The summed E-state index contributed by atoms with van der Waals surface area (Å²) in [5, 5.41) is 9.90. The average molecular weight is 415 g/mol. The Kier molecular flexibility index (Phi) is 4.75. The van der Waals surface area contributed by atoms with Gasteiger partial charge in [-0.15, -0.1) is 0 Å².